The second-order valence-electron chi connectivity index (χ2n) is 4.39. The highest BCUT2D eigenvalue weighted by Gasteiger charge is 2.15. The average Bonchev–Trinajstić information content (AvgIpc) is 2.40. The summed E-state index contributed by atoms with van der Waals surface area (Å²) in [6.45, 7) is 1.67. The molecule has 110 valence electrons. The minimum Gasteiger partial charge on any atom is -0.396 e. The standard InChI is InChI=1S/C14H10Br2F2N2O/c1-6-2-10(17)9(16)5-13(6)20-14(21)7-3-12(19)11(18)4-8(7)15/h2-5H,19H2,1H3,(H,20,21). The molecule has 0 unspecified atom stereocenters. The third-order valence-corrected chi connectivity index (χ3v) is 4.11. The molecular weight excluding hydrogens is 410 g/mol. The molecule has 2 aromatic carbocycles. The minimum absolute atomic E-state index is 0.125. The summed E-state index contributed by atoms with van der Waals surface area (Å²) < 4.78 is 27.2. The summed E-state index contributed by atoms with van der Waals surface area (Å²) in [5.41, 5.74) is 6.54. The van der Waals surface area contributed by atoms with Gasteiger partial charge in [-0.25, -0.2) is 8.78 Å². The van der Waals surface area contributed by atoms with Gasteiger partial charge in [-0.2, -0.15) is 0 Å². The van der Waals surface area contributed by atoms with Crippen LogP contribution in [-0.2, 0) is 0 Å². The van der Waals surface area contributed by atoms with Crippen LogP contribution >= 0.6 is 31.9 Å². The van der Waals surface area contributed by atoms with E-state index in [9.17, 15) is 13.6 Å². The van der Waals surface area contributed by atoms with Crippen molar-refractivity contribution in [2.45, 2.75) is 6.92 Å². The molecule has 2 aromatic rings. The maximum absolute atomic E-state index is 13.4. The van der Waals surface area contributed by atoms with Crippen molar-refractivity contribution in [1.29, 1.82) is 0 Å². The Labute approximate surface area is 136 Å². The molecule has 3 N–H and O–H groups in total. The minimum atomic E-state index is -0.612. The number of hydrogen-bond donors (Lipinski definition) is 2. The second-order valence-corrected chi connectivity index (χ2v) is 6.10. The Morgan fingerprint density at radius 1 is 1.10 bits per heavy atom. The number of hydrogen-bond acceptors (Lipinski definition) is 2. The molecule has 0 aliphatic carbocycles. The van der Waals surface area contributed by atoms with E-state index in [-0.39, 0.29) is 20.2 Å². The van der Waals surface area contributed by atoms with Crippen molar-refractivity contribution < 1.29 is 13.6 Å². The first-order valence-electron chi connectivity index (χ1n) is 5.81. The summed E-state index contributed by atoms with van der Waals surface area (Å²) >= 11 is 6.17. The van der Waals surface area contributed by atoms with E-state index in [1.54, 1.807) is 6.92 Å². The summed E-state index contributed by atoms with van der Waals surface area (Å²) in [5.74, 6) is -1.51. The van der Waals surface area contributed by atoms with Gasteiger partial charge < -0.3 is 11.1 Å². The van der Waals surface area contributed by atoms with E-state index in [4.69, 9.17) is 5.73 Å². The number of nitrogens with one attached hydrogen (secondary N) is 1. The number of halogens is 4. The molecule has 3 nitrogen and oxygen atoms in total. The number of amides is 1. The van der Waals surface area contributed by atoms with Crippen LogP contribution in [-0.4, -0.2) is 5.91 Å². The highest BCUT2D eigenvalue weighted by Crippen LogP contribution is 2.27. The van der Waals surface area contributed by atoms with Crippen LogP contribution in [0.4, 0.5) is 20.2 Å². The van der Waals surface area contributed by atoms with Gasteiger partial charge in [-0.1, -0.05) is 0 Å². The molecule has 7 heteroatoms. The number of nitrogen functional groups attached to an aromatic ring is 1. The maximum atomic E-state index is 13.4. The fraction of sp³-hybridized carbons (Fsp3) is 0.0714. The largest absolute Gasteiger partial charge is 0.396 e. The number of nitrogens with two attached hydrogens (primary N) is 1. The van der Waals surface area contributed by atoms with Gasteiger partial charge in [0.25, 0.3) is 5.91 Å². The molecule has 0 saturated carbocycles. The van der Waals surface area contributed by atoms with Crippen molar-refractivity contribution in [2.24, 2.45) is 0 Å². The number of rotatable bonds is 2. The number of carbonyl (C=O) groups is 1. The van der Waals surface area contributed by atoms with Gasteiger partial charge in [0, 0.05) is 10.2 Å². The molecule has 0 aliphatic heterocycles. The van der Waals surface area contributed by atoms with E-state index in [1.165, 1.54) is 18.2 Å². The van der Waals surface area contributed by atoms with E-state index >= 15 is 0 Å². The third kappa shape index (κ3) is 3.41. The van der Waals surface area contributed by atoms with Crippen molar-refractivity contribution in [3.05, 3.63) is 56.0 Å². The van der Waals surface area contributed by atoms with Gasteiger partial charge in [0.05, 0.1) is 15.7 Å². The molecule has 1 amide bonds. The fourth-order valence-corrected chi connectivity index (χ4v) is 2.55. The highest BCUT2D eigenvalue weighted by molar-refractivity contribution is 9.10. The summed E-state index contributed by atoms with van der Waals surface area (Å²) in [7, 11) is 0. The van der Waals surface area contributed by atoms with Gasteiger partial charge in [-0.15, -0.1) is 0 Å². The molecule has 0 aromatic heterocycles. The highest BCUT2D eigenvalue weighted by atomic mass is 79.9. The van der Waals surface area contributed by atoms with Crippen LogP contribution in [0, 0.1) is 18.6 Å². The zero-order valence-electron chi connectivity index (χ0n) is 10.8. The van der Waals surface area contributed by atoms with Crippen LogP contribution in [0.25, 0.3) is 0 Å². The van der Waals surface area contributed by atoms with Crippen molar-refractivity contribution in [3.8, 4) is 0 Å². The first-order chi connectivity index (χ1) is 9.79. The van der Waals surface area contributed by atoms with E-state index in [2.05, 4.69) is 37.2 Å². The SMILES string of the molecule is Cc1cc(F)c(Br)cc1NC(=O)c1cc(N)c(F)cc1Br. The van der Waals surface area contributed by atoms with Crippen LogP contribution in [0.5, 0.6) is 0 Å². The van der Waals surface area contributed by atoms with Crippen molar-refractivity contribution in [3.63, 3.8) is 0 Å². The molecule has 0 aliphatic rings. The summed E-state index contributed by atoms with van der Waals surface area (Å²) in [4.78, 5) is 12.2. The molecule has 0 atom stereocenters. The lowest BCUT2D eigenvalue weighted by atomic mass is 10.1. The molecular formula is C14H10Br2F2N2O. The Morgan fingerprint density at radius 3 is 2.43 bits per heavy atom. The van der Waals surface area contributed by atoms with Crippen LogP contribution in [0.1, 0.15) is 15.9 Å². The predicted molar refractivity (Wildman–Crippen MR) is 85.3 cm³/mol. The van der Waals surface area contributed by atoms with Crippen molar-refractivity contribution in [1.82, 2.24) is 0 Å². The van der Waals surface area contributed by atoms with Crippen LogP contribution in [0.3, 0.4) is 0 Å². The predicted octanol–water partition coefficient (Wildman–Crippen LogP) is 4.63. The fourth-order valence-electron chi connectivity index (χ4n) is 1.71. The lowest BCUT2D eigenvalue weighted by Crippen LogP contribution is -2.14. The van der Waals surface area contributed by atoms with E-state index in [0.717, 1.165) is 6.07 Å². The molecule has 0 fully saturated rings. The van der Waals surface area contributed by atoms with Gasteiger partial charge >= 0.3 is 0 Å². The molecule has 0 bridgehead atoms. The smallest absolute Gasteiger partial charge is 0.256 e. The van der Waals surface area contributed by atoms with Crippen LogP contribution < -0.4 is 11.1 Å². The van der Waals surface area contributed by atoms with Gasteiger partial charge in [0.1, 0.15) is 11.6 Å². The first-order valence-corrected chi connectivity index (χ1v) is 7.39. The summed E-state index contributed by atoms with van der Waals surface area (Å²) in [6, 6.07) is 5.12. The molecule has 2 rings (SSSR count). The lowest BCUT2D eigenvalue weighted by Gasteiger charge is -2.11. The van der Waals surface area contributed by atoms with Gasteiger partial charge in [0.2, 0.25) is 0 Å². The quantitative estimate of drug-likeness (QED) is 0.697. The molecule has 0 spiro atoms. The number of aryl methyl sites for hydroxylation is 1. The molecule has 21 heavy (non-hydrogen) atoms. The Bertz CT molecular complexity index is 735. The number of anilines is 2. The first kappa shape index (κ1) is 15.9. The number of carbonyl (C=O) groups excluding carboxylic acids is 1. The monoisotopic (exact) mass is 418 g/mol. The van der Waals surface area contributed by atoms with Gasteiger partial charge in [-0.3, -0.25) is 4.79 Å². The molecule has 0 radical (unpaired) electrons. The van der Waals surface area contributed by atoms with Crippen LogP contribution in [0.15, 0.2) is 33.2 Å². The second kappa shape index (κ2) is 6.11. The molecule has 0 saturated heterocycles. The summed E-state index contributed by atoms with van der Waals surface area (Å²) in [5, 5.41) is 2.64. The van der Waals surface area contributed by atoms with Gasteiger partial charge in [-0.05, 0) is 68.6 Å². The van der Waals surface area contributed by atoms with Crippen molar-refractivity contribution in [2.75, 3.05) is 11.1 Å². The normalized spacial score (nSPS) is 10.5. The maximum Gasteiger partial charge on any atom is 0.256 e. The van der Waals surface area contributed by atoms with Crippen molar-refractivity contribution >= 4 is 49.1 Å². The Hall–Kier alpha value is -1.47. The zero-order chi connectivity index (χ0) is 15.7. The Morgan fingerprint density at radius 2 is 1.76 bits per heavy atom. The average molecular weight is 420 g/mol. The van der Waals surface area contributed by atoms with E-state index in [1.807, 2.05) is 0 Å². The topological polar surface area (TPSA) is 55.1 Å². The van der Waals surface area contributed by atoms with Gasteiger partial charge in [0.15, 0.2) is 0 Å². The van der Waals surface area contributed by atoms with Crippen LogP contribution in [0.2, 0.25) is 0 Å². The third-order valence-electron chi connectivity index (χ3n) is 2.85. The zero-order valence-corrected chi connectivity index (χ0v) is 14.0. The molecule has 0 heterocycles. The lowest BCUT2D eigenvalue weighted by molar-refractivity contribution is 0.102. The summed E-state index contributed by atoms with van der Waals surface area (Å²) in [6.07, 6.45) is 0. The number of benzene rings is 2. The van der Waals surface area contributed by atoms with E-state index in [0.29, 0.717) is 11.3 Å². The Balaban J connectivity index is 2.35. The van der Waals surface area contributed by atoms with E-state index < -0.39 is 17.5 Å². The Kier molecular flexibility index (Phi) is 4.63.